The average molecular weight is 549 g/mol. The zero-order valence-electron chi connectivity index (χ0n) is 24.5. The van der Waals surface area contributed by atoms with Crippen LogP contribution >= 0.6 is 0 Å². The number of carboxylic acids is 1. The Hall–Kier alpha value is -3.28. The van der Waals surface area contributed by atoms with Crippen molar-refractivity contribution in [1.29, 1.82) is 0 Å². The first-order valence-electron chi connectivity index (χ1n) is 14.8. The molecule has 0 aliphatic heterocycles. The van der Waals surface area contributed by atoms with Gasteiger partial charge in [-0.15, -0.1) is 0 Å². The maximum absolute atomic E-state index is 13.7. The summed E-state index contributed by atoms with van der Waals surface area (Å²) in [5.41, 5.74) is 1.82. The Morgan fingerprint density at radius 1 is 0.800 bits per heavy atom. The summed E-state index contributed by atoms with van der Waals surface area (Å²) in [6.45, 7) is 5.94. The lowest BCUT2D eigenvalue weighted by molar-refractivity contribution is -0.149. The number of methoxy groups -OCH3 is 1. The van der Waals surface area contributed by atoms with E-state index in [1.165, 1.54) is 7.11 Å². The quantitative estimate of drug-likeness (QED) is 0.184. The summed E-state index contributed by atoms with van der Waals surface area (Å²) in [6.07, 6.45) is 8.20. The zero-order valence-corrected chi connectivity index (χ0v) is 24.5. The largest absolute Gasteiger partial charge is 0.481 e. The second-order valence-electron chi connectivity index (χ2n) is 11.5. The summed E-state index contributed by atoms with van der Waals surface area (Å²) in [5, 5.41) is 9.96. The monoisotopic (exact) mass is 548 g/mol. The number of carbonyl (C=O) groups excluding carboxylic acids is 3. The summed E-state index contributed by atoms with van der Waals surface area (Å²) in [7, 11) is 1.42. The Morgan fingerprint density at radius 3 is 2.05 bits per heavy atom. The molecule has 0 aromatic heterocycles. The molecule has 0 saturated carbocycles. The van der Waals surface area contributed by atoms with Crippen LogP contribution in [-0.2, 0) is 14.3 Å². The van der Waals surface area contributed by atoms with E-state index in [0.29, 0.717) is 54.4 Å². The van der Waals surface area contributed by atoms with E-state index in [-0.39, 0.29) is 29.4 Å². The van der Waals surface area contributed by atoms with E-state index in [4.69, 9.17) is 4.74 Å². The number of esters is 1. The Kier molecular flexibility index (Phi) is 11.2. The van der Waals surface area contributed by atoms with Gasteiger partial charge in [-0.25, -0.2) is 0 Å². The number of hydrogen-bond donors (Lipinski definition) is 1. The number of rotatable bonds is 16. The summed E-state index contributed by atoms with van der Waals surface area (Å²) >= 11 is 0. The van der Waals surface area contributed by atoms with Crippen LogP contribution in [-0.4, -0.2) is 35.7 Å². The van der Waals surface area contributed by atoms with Crippen molar-refractivity contribution in [3.05, 3.63) is 70.3 Å². The Balaban J connectivity index is 1.90. The Morgan fingerprint density at radius 2 is 1.43 bits per heavy atom. The topological polar surface area (TPSA) is 97.7 Å². The van der Waals surface area contributed by atoms with Crippen LogP contribution in [0.5, 0.6) is 0 Å². The molecule has 1 aliphatic rings. The van der Waals surface area contributed by atoms with Crippen LogP contribution in [0.3, 0.4) is 0 Å². The normalized spacial score (nSPS) is 15.5. The summed E-state index contributed by atoms with van der Waals surface area (Å²) in [6, 6.07) is 12.5. The highest BCUT2D eigenvalue weighted by Gasteiger charge is 2.35. The van der Waals surface area contributed by atoms with E-state index >= 15 is 0 Å². The molecule has 0 spiro atoms. The van der Waals surface area contributed by atoms with Gasteiger partial charge in [-0.2, -0.15) is 0 Å². The van der Waals surface area contributed by atoms with E-state index in [1.807, 2.05) is 26.0 Å². The van der Waals surface area contributed by atoms with Crippen molar-refractivity contribution in [3.63, 3.8) is 0 Å². The highest BCUT2D eigenvalue weighted by molar-refractivity contribution is 6.28. The van der Waals surface area contributed by atoms with Crippen LogP contribution in [0.15, 0.2) is 42.5 Å². The number of hydrogen-bond acceptors (Lipinski definition) is 5. The number of benzene rings is 2. The second kappa shape index (κ2) is 14.4. The molecule has 2 aromatic carbocycles. The number of unbranched alkanes of at least 4 members (excludes halogenated alkanes) is 1. The van der Waals surface area contributed by atoms with Gasteiger partial charge >= 0.3 is 11.9 Å². The van der Waals surface area contributed by atoms with Crippen molar-refractivity contribution < 1.29 is 29.0 Å². The molecule has 0 amide bonds. The lowest BCUT2D eigenvalue weighted by Gasteiger charge is -2.28. The Labute approximate surface area is 238 Å². The molecular formula is C34H44O6. The second-order valence-corrected chi connectivity index (χ2v) is 11.5. The van der Waals surface area contributed by atoms with Crippen LogP contribution in [0.25, 0.3) is 0 Å². The molecule has 3 rings (SSSR count). The van der Waals surface area contributed by atoms with Crippen molar-refractivity contribution in [3.8, 4) is 0 Å². The maximum Gasteiger partial charge on any atom is 0.309 e. The molecule has 0 saturated heterocycles. The van der Waals surface area contributed by atoms with Crippen LogP contribution in [0.4, 0.5) is 0 Å². The van der Waals surface area contributed by atoms with Gasteiger partial charge in [-0.1, -0.05) is 88.4 Å². The SMILES string of the molecule is CCCCC(C)(CCCC(CCCC(CCC)C(=O)OC)c1cccc2c1C(=O)c1ccccc1C2=O)C(=O)O. The van der Waals surface area contributed by atoms with Gasteiger partial charge in [-0.3, -0.25) is 19.2 Å². The van der Waals surface area contributed by atoms with Gasteiger partial charge in [0.2, 0.25) is 0 Å². The average Bonchev–Trinajstić information content (AvgIpc) is 2.96. The van der Waals surface area contributed by atoms with E-state index in [2.05, 4.69) is 6.92 Å². The molecule has 0 heterocycles. The lowest BCUT2D eigenvalue weighted by atomic mass is 9.75. The predicted molar refractivity (Wildman–Crippen MR) is 156 cm³/mol. The molecule has 2 aromatic rings. The van der Waals surface area contributed by atoms with Crippen LogP contribution < -0.4 is 0 Å². The van der Waals surface area contributed by atoms with Gasteiger partial charge in [0.25, 0.3) is 0 Å². The van der Waals surface area contributed by atoms with E-state index in [0.717, 1.165) is 44.1 Å². The van der Waals surface area contributed by atoms with Crippen molar-refractivity contribution in [2.75, 3.05) is 7.11 Å². The molecule has 3 atom stereocenters. The predicted octanol–water partition coefficient (Wildman–Crippen LogP) is 7.76. The smallest absolute Gasteiger partial charge is 0.309 e. The van der Waals surface area contributed by atoms with Gasteiger partial charge in [0.15, 0.2) is 11.6 Å². The van der Waals surface area contributed by atoms with Crippen LogP contribution in [0.1, 0.15) is 135 Å². The molecular weight excluding hydrogens is 504 g/mol. The minimum atomic E-state index is -0.793. The third kappa shape index (κ3) is 7.07. The molecule has 40 heavy (non-hydrogen) atoms. The Bertz CT molecular complexity index is 1210. The number of ketones is 2. The van der Waals surface area contributed by atoms with E-state index in [1.54, 1.807) is 30.3 Å². The van der Waals surface area contributed by atoms with Gasteiger partial charge in [0.1, 0.15) is 0 Å². The van der Waals surface area contributed by atoms with Crippen LogP contribution in [0.2, 0.25) is 0 Å². The number of ether oxygens (including phenoxy) is 1. The molecule has 216 valence electrons. The first kappa shape index (κ1) is 31.3. The standard InChI is InChI=1S/C34H44O6/c1-5-7-21-34(3,33(38)39)22-12-16-23(14-10-15-24(13-6-2)32(37)40-4)25-19-11-20-28-29(25)31(36)27-18-9-8-17-26(27)30(28)35/h8-9,11,17-20,23-24H,5-7,10,12-16,21-22H2,1-4H3,(H,38,39). The fourth-order valence-corrected chi connectivity index (χ4v) is 6.12. The fraction of sp³-hybridized carbons (Fsp3) is 0.529. The fourth-order valence-electron chi connectivity index (χ4n) is 6.12. The van der Waals surface area contributed by atoms with Gasteiger partial charge in [-0.05, 0) is 56.9 Å². The van der Waals surface area contributed by atoms with Crippen LogP contribution in [0, 0.1) is 11.3 Å². The first-order valence-corrected chi connectivity index (χ1v) is 14.8. The third-order valence-corrected chi connectivity index (χ3v) is 8.58. The number of carboxylic acid groups (broad SMARTS) is 1. The van der Waals surface area contributed by atoms with Gasteiger partial charge < -0.3 is 9.84 Å². The van der Waals surface area contributed by atoms with Gasteiger partial charge in [0.05, 0.1) is 18.4 Å². The van der Waals surface area contributed by atoms with Crippen molar-refractivity contribution in [1.82, 2.24) is 0 Å². The maximum atomic E-state index is 13.7. The lowest BCUT2D eigenvalue weighted by Crippen LogP contribution is -2.28. The highest BCUT2D eigenvalue weighted by Crippen LogP contribution is 2.39. The molecule has 0 radical (unpaired) electrons. The highest BCUT2D eigenvalue weighted by atomic mass is 16.5. The molecule has 0 fully saturated rings. The van der Waals surface area contributed by atoms with Crippen molar-refractivity contribution in [2.24, 2.45) is 11.3 Å². The number of carbonyl (C=O) groups is 4. The first-order chi connectivity index (χ1) is 19.2. The van der Waals surface area contributed by atoms with Crippen molar-refractivity contribution >= 4 is 23.5 Å². The summed E-state index contributed by atoms with van der Waals surface area (Å²) in [4.78, 5) is 51.5. The molecule has 0 bridgehead atoms. The third-order valence-electron chi connectivity index (χ3n) is 8.58. The summed E-state index contributed by atoms with van der Waals surface area (Å²) < 4.78 is 5.02. The summed E-state index contributed by atoms with van der Waals surface area (Å²) in [5.74, 6) is -1.45. The number of fused-ring (bicyclic) bond motifs is 2. The minimum absolute atomic E-state index is 0.0406. The van der Waals surface area contributed by atoms with E-state index in [9.17, 15) is 24.3 Å². The molecule has 6 heteroatoms. The number of aliphatic carboxylic acids is 1. The molecule has 1 aliphatic carbocycles. The molecule has 6 nitrogen and oxygen atoms in total. The molecule has 1 N–H and O–H groups in total. The zero-order chi connectivity index (χ0) is 29.3. The molecule has 3 unspecified atom stereocenters. The van der Waals surface area contributed by atoms with Crippen molar-refractivity contribution in [2.45, 2.75) is 97.3 Å². The van der Waals surface area contributed by atoms with E-state index < -0.39 is 11.4 Å². The van der Waals surface area contributed by atoms with Gasteiger partial charge in [0, 0.05) is 22.3 Å². The minimum Gasteiger partial charge on any atom is -0.481 e.